The number of carbonyl (C=O) groups is 2. The summed E-state index contributed by atoms with van der Waals surface area (Å²) in [5.41, 5.74) is 5.67. The van der Waals surface area contributed by atoms with Crippen molar-refractivity contribution in [3.63, 3.8) is 0 Å². The van der Waals surface area contributed by atoms with Crippen LogP contribution in [-0.2, 0) is 23.8 Å². The van der Waals surface area contributed by atoms with Crippen molar-refractivity contribution in [2.24, 2.45) is 11.8 Å². The lowest BCUT2D eigenvalue weighted by Crippen LogP contribution is -2.20. The fraction of sp³-hybridized carbons (Fsp3) is 0.872. The van der Waals surface area contributed by atoms with Gasteiger partial charge in [0.15, 0.2) is 0 Å². The molecule has 0 amide bonds. The van der Waals surface area contributed by atoms with Crippen molar-refractivity contribution in [1.29, 1.82) is 0 Å². The molecule has 0 aromatic heterocycles. The van der Waals surface area contributed by atoms with Crippen LogP contribution in [-0.4, -0.2) is 62.9 Å². The summed E-state index contributed by atoms with van der Waals surface area (Å²) in [6.45, 7) is 16.7. The van der Waals surface area contributed by atoms with Crippen LogP contribution in [0.1, 0.15) is 207 Å². The summed E-state index contributed by atoms with van der Waals surface area (Å²) in [4.78, 5) is 26.6. The third-order valence-electron chi connectivity index (χ3n) is 10.7. The second-order valence-electron chi connectivity index (χ2n) is 15.8. The first-order valence-electron chi connectivity index (χ1n) is 22.6. The monoisotopic (exact) mass is 746 g/mol. The number of rotatable bonds is 40. The molecule has 0 radical (unpaired) electrons. The molecule has 0 aliphatic heterocycles. The van der Waals surface area contributed by atoms with Crippen molar-refractivity contribution >= 4 is 11.9 Å². The fourth-order valence-corrected chi connectivity index (χ4v) is 6.75. The molecule has 3 atom stereocenters. The Morgan fingerprint density at radius 3 is 1.64 bits per heavy atom. The van der Waals surface area contributed by atoms with E-state index in [4.69, 9.17) is 14.2 Å². The lowest BCUT2D eigenvalue weighted by molar-refractivity contribution is -0.145. The van der Waals surface area contributed by atoms with Crippen LogP contribution in [0.4, 0.5) is 0 Å². The number of hydrogen-bond acceptors (Lipinski definition) is 6. The Bertz CT molecular complexity index is 909. The Labute approximate surface area is 329 Å². The van der Waals surface area contributed by atoms with Gasteiger partial charge in [-0.25, -0.2) is 0 Å². The Morgan fingerprint density at radius 2 is 1.11 bits per heavy atom. The predicted molar refractivity (Wildman–Crippen MR) is 225 cm³/mol. The van der Waals surface area contributed by atoms with E-state index in [1.807, 2.05) is 6.08 Å². The highest BCUT2D eigenvalue weighted by Crippen LogP contribution is 2.19. The van der Waals surface area contributed by atoms with Gasteiger partial charge in [-0.1, -0.05) is 148 Å². The molecule has 53 heavy (non-hydrogen) atoms. The summed E-state index contributed by atoms with van der Waals surface area (Å²) in [6, 6.07) is 0. The molecule has 6 nitrogen and oxygen atoms in total. The topological polar surface area (TPSA) is 65.1 Å². The third-order valence-corrected chi connectivity index (χ3v) is 10.7. The maximum atomic E-state index is 12.2. The van der Waals surface area contributed by atoms with Crippen molar-refractivity contribution in [2.45, 2.75) is 214 Å². The molecular formula is C47H87NO5. The van der Waals surface area contributed by atoms with E-state index in [9.17, 15) is 9.59 Å². The standard InChI is InChI=1S/C47H87NO5/c1-7-11-30-43(5)37-41-52-46(49)35-26-22-18-14-16-20-24-33-45(51-40-29-28-39-48(6)10-4)34-25-21-17-15-19-23-27-36-47(50)53-42-38-44(31-12-8-2)32-13-9-3/h31,43-45H,2,7,9-11,13-30,32-42H2,1,3-6H3. The summed E-state index contributed by atoms with van der Waals surface area (Å²) in [7, 11) is 2.19. The molecule has 0 aliphatic carbocycles. The smallest absolute Gasteiger partial charge is 0.305 e. The van der Waals surface area contributed by atoms with E-state index >= 15 is 0 Å². The molecular weight excluding hydrogens is 659 g/mol. The molecule has 0 spiro atoms. The zero-order chi connectivity index (χ0) is 39.0. The van der Waals surface area contributed by atoms with E-state index in [2.05, 4.69) is 57.7 Å². The van der Waals surface area contributed by atoms with Gasteiger partial charge >= 0.3 is 11.9 Å². The van der Waals surface area contributed by atoms with Crippen LogP contribution in [0.5, 0.6) is 0 Å². The fourth-order valence-electron chi connectivity index (χ4n) is 6.75. The highest BCUT2D eigenvalue weighted by molar-refractivity contribution is 5.69. The van der Waals surface area contributed by atoms with Crippen LogP contribution in [0.25, 0.3) is 0 Å². The number of esters is 2. The van der Waals surface area contributed by atoms with E-state index in [1.165, 1.54) is 116 Å². The van der Waals surface area contributed by atoms with Gasteiger partial charge in [-0.3, -0.25) is 9.59 Å². The largest absolute Gasteiger partial charge is 0.466 e. The van der Waals surface area contributed by atoms with Crippen molar-refractivity contribution in [2.75, 3.05) is 40.0 Å². The number of ether oxygens (including phenoxy) is 3. The Hall–Kier alpha value is -1.84. The number of unbranched alkanes of at least 4 members (excludes halogenated alkanes) is 15. The molecule has 3 unspecified atom stereocenters. The molecule has 0 heterocycles. The molecule has 0 bridgehead atoms. The van der Waals surface area contributed by atoms with Crippen LogP contribution >= 0.6 is 0 Å². The number of allylic oxidation sites excluding steroid dienone is 1. The SMILES string of the molecule is C=C=C=CC(CCCC)CCOC(=O)CCCCCCCCCC(CCCCCCCCCC(=O)OCCC(C)CCCC)OCCCCN(C)CC. The predicted octanol–water partition coefficient (Wildman–Crippen LogP) is 13.1. The molecule has 0 N–H and O–H groups in total. The van der Waals surface area contributed by atoms with Gasteiger partial charge in [0, 0.05) is 19.4 Å². The molecule has 310 valence electrons. The van der Waals surface area contributed by atoms with Gasteiger partial charge in [-0.15, -0.1) is 0 Å². The first kappa shape index (κ1) is 51.2. The second kappa shape index (κ2) is 39.8. The van der Waals surface area contributed by atoms with Crippen molar-refractivity contribution in [3.8, 4) is 0 Å². The molecule has 0 rings (SSSR count). The molecule has 0 aliphatic rings. The summed E-state index contributed by atoms with van der Waals surface area (Å²) in [5.74, 6) is 0.957. The Morgan fingerprint density at radius 1 is 0.604 bits per heavy atom. The van der Waals surface area contributed by atoms with Crippen LogP contribution in [0.2, 0.25) is 0 Å². The quantitative estimate of drug-likeness (QED) is 0.0353. The third kappa shape index (κ3) is 36.9. The van der Waals surface area contributed by atoms with E-state index in [-0.39, 0.29) is 11.9 Å². The van der Waals surface area contributed by atoms with Crippen molar-refractivity contribution in [1.82, 2.24) is 4.90 Å². The highest BCUT2D eigenvalue weighted by atomic mass is 16.5. The molecule has 0 saturated carbocycles. The number of hydrogen-bond donors (Lipinski definition) is 0. The first-order valence-corrected chi connectivity index (χ1v) is 22.6. The number of carbonyl (C=O) groups excluding carboxylic acids is 2. The van der Waals surface area contributed by atoms with E-state index < -0.39 is 0 Å². The van der Waals surface area contributed by atoms with Gasteiger partial charge in [0.1, 0.15) is 0 Å². The average molecular weight is 746 g/mol. The lowest BCUT2D eigenvalue weighted by Gasteiger charge is -2.19. The molecule has 0 saturated heterocycles. The minimum Gasteiger partial charge on any atom is -0.466 e. The summed E-state index contributed by atoms with van der Waals surface area (Å²) >= 11 is 0. The van der Waals surface area contributed by atoms with E-state index in [0.29, 0.717) is 44.0 Å². The summed E-state index contributed by atoms with van der Waals surface area (Å²) in [6.07, 6.45) is 33.8. The first-order chi connectivity index (χ1) is 25.9. The summed E-state index contributed by atoms with van der Waals surface area (Å²) in [5, 5.41) is 0. The summed E-state index contributed by atoms with van der Waals surface area (Å²) < 4.78 is 17.4. The highest BCUT2D eigenvalue weighted by Gasteiger charge is 2.11. The van der Waals surface area contributed by atoms with Gasteiger partial charge in [-0.2, -0.15) is 0 Å². The normalized spacial score (nSPS) is 12.9. The van der Waals surface area contributed by atoms with Crippen LogP contribution in [0.3, 0.4) is 0 Å². The minimum absolute atomic E-state index is 0.0145. The molecule has 0 fully saturated rings. The second-order valence-corrected chi connectivity index (χ2v) is 15.8. The zero-order valence-corrected chi connectivity index (χ0v) is 35.8. The maximum Gasteiger partial charge on any atom is 0.305 e. The number of nitrogens with zero attached hydrogens (tertiary/aromatic N) is 1. The Kier molecular flexibility index (Phi) is 38.5. The molecule has 6 heteroatoms. The zero-order valence-electron chi connectivity index (χ0n) is 35.8. The van der Waals surface area contributed by atoms with Crippen LogP contribution < -0.4 is 0 Å². The van der Waals surface area contributed by atoms with Crippen molar-refractivity contribution in [3.05, 3.63) is 24.1 Å². The molecule has 0 aromatic rings. The van der Waals surface area contributed by atoms with Crippen molar-refractivity contribution < 1.29 is 23.8 Å². The van der Waals surface area contributed by atoms with E-state index in [1.54, 1.807) is 0 Å². The Balaban J connectivity index is 4.09. The lowest BCUT2D eigenvalue weighted by atomic mass is 9.99. The maximum absolute atomic E-state index is 12.2. The minimum atomic E-state index is -0.0572. The van der Waals surface area contributed by atoms with Crippen LogP contribution in [0, 0.1) is 11.8 Å². The van der Waals surface area contributed by atoms with Gasteiger partial charge in [-0.05, 0) is 102 Å². The van der Waals surface area contributed by atoms with E-state index in [0.717, 1.165) is 71.1 Å². The van der Waals surface area contributed by atoms with Gasteiger partial charge in [0.2, 0.25) is 0 Å². The van der Waals surface area contributed by atoms with Gasteiger partial charge in [0.25, 0.3) is 0 Å². The van der Waals surface area contributed by atoms with Gasteiger partial charge in [0.05, 0.1) is 19.3 Å². The van der Waals surface area contributed by atoms with Crippen LogP contribution in [0.15, 0.2) is 24.1 Å². The average Bonchev–Trinajstić information content (AvgIpc) is 3.15. The molecule has 0 aromatic carbocycles. The van der Waals surface area contributed by atoms with Gasteiger partial charge < -0.3 is 19.1 Å².